The lowest BCUT2D eigenvalue weighted by atomic mass is 10.2. The minimum absolute atomic E-state index is 0.0109. The zero-order chi connectivity index (χ0) is 15.2. The Balaban J connectivity index is 2.05. The largest absolute Gasteiger partial charge is 0.270 e. The van der Waals surface area contributed by atoms with Crippen molar-refractivity contribution in [1.29, 1.82) is 5.26 Å². The maximum atomic E-state index is 10.7. The molecule has 0 saturated heterocycles. The van der Waals surface area contributed by atoms with Crippen molar-refractivity contribution in [2.24, 2.45) is 5.10 Å². The number of anilines is 1. The molecule has 2 rings (SSSR count). The second-order valence-electron chi connectivity index (χ2n) is 3.81. The predicted molar refractivity (Wildman–Crippen MR) is 82.6 cm³/mol. The van der Waals surface area contributed by atoms with Gasteiger partial charge in [-0.05, 0) is 6.92 Å². The number of hydrazone groups is 1. The van der Waals surface area contributed by atoms with Crippen molar-refractivity contribution in [1.82, 2.24) is 4.98 Å². The van der Waals surface area contributed by atoms with Crippen molar-refractivity contribution in [3.63, 3.8) is 0 Å². The predicted octanol–water partition coefficient (Wildman–Crippen LogP) is 3.38. The van der Waals surface area contributed by atoms with Crippen LogP contribution >= 0.6 is 23.1 Å². The lowest BCUT2D eigenvalue weighted by Crippen LogP contribution is -1.92. The molecule has 7 nitrogen and oxygen atoms in total. The van der Waals surface area contributed by atoms with Crippen LogP contribution in [-0.2, 0) is 0 Å². The van der Waals surface area contributed by atoms with Gasteiger partial charge in [-0.15, -0.1) is 0 Å². The van der Waals surface area contributed by atoms with Crippen molar-refractivity contribution < 1.29 is 4.92 Å². The molecular weight excluding hydrogens is 310 g/mol. The van der Waals surface area contributed by atoms with Crippen LogP contribution in [-0.4, -0.2) is 16.1 Å². The fraction of sp³-hybridized carbons (Fsp3) is 0.0833. The van der Waals surface area contributed by atoms with E-state index in [1.54, 1.807) is 12.1 Å². The van der Waals surface area contributed by atoms with Crippen LogP contribution in [0.4, 0.5) is 10.8 Å². The van der Waals surface area contributed by atoms with Gasteiger partial charge in [-0.2, -0.15) is 10.4 Å². The number of nitriles is 1. The van der Waals surface area contributed by atoms with Gasteiger partial charge in [-0.1, -0.05) is 23.5 Å². The Bertz CT molecular complexity index is 735. The van der Waals surface area contributed by atoms with Gasteiger partial charge in [0, 0.05) is 29.5 Å². The summed E-state index contributed by atoms with van der Waals surface area (Å²) in [5.41, 5.74) is 4.13. The maximum absolute atomic E-state index is 10.7. The van der Waals surface area contributed by atoms with Crippen LogP contribution in [0.1, 0.15) is 11.3 Å². The molecule has 106 valence electrons. The summed E-state index contributed by atoms with van der Waals surface area (Å²) < 4.78 is 0.811. The second kappa shape index (κ2) is 6.83. The highest BCUT2D eigenvalue weighted by Gasteiger charge is 2.07. The number of benzene rings is 1. The Morgan fingerprint density at radius 2 is 2.43 bits per heavy atom. The highest BCUT2D eigenvalue weighted by molar-refractivity contribution is 8.05. The van der Waals surface area contributed by atoms with Crippen LogP contribution in [0.15, 0.2) is 33.6 Å². The molecule has 0 fully saturated rings. The molecule has 9 heteroatoms. The third kappa shape index (κ3) is 4.01. The summed E-state index contributed by atoms with van der Waals surface area (Å²) in [6, 6.07) is 6.15. The van der Waals surface area contributed by atoms with E-state index >= 15 is 0 Å². The normalized spacial score (nSPS) is 10.5. The van der Waals surface area contributed by atoms with E-state index in [9.17, 15) is 10.1 Å². The number of thiocyanates is 1. The van der Waals surface area contributed by atoms with Gasteiger partial charge in [-0.25, -0.2) is 4.98 Å². The van der Waals surface area contributed by atoms with Gasteiger partial charge < -0.3 is 0 Å². The minimum Gasteiger partial charge on any atom is -0.258 e. The lowest BCUT2D eigenvalue weighted by molar-refractivity contribution is -0.384. The Hall–Kier alpha value is -2.44. The van der Waals surface area contributed by atoms with Gasteiger partial charge in [0.05, 0.1) is 21.0 Å². The number of nitrogens with zero attached hydrogens (tertiary/aromatic N) is 4. The number of rotatable bonds is 5. The third-order valence-electron chi connectivity index (χ3n) is 2.35. The van der Waals surface area contributed by atoms with E-state index < -0.39 is 4.92 Å². The van der Waals surface area contributed by atoms with Crippen LogP contribution in [0.2, 0.25) is 0 Å². The summed E-state index contributed by atoms with van der Waals surface area (Å²) in [6.07, 6.45) is 1.47. The Morgan fingerprint density at radius 3 is 3.14 bits per heavy atom. The average Bonchev–Trinajstić information content (AvgIpc) is 2.80. The zero-order valence-corrected chi connectivity index (χ0v) is 12.4. The molecule has 0 aliphatic heterocycles. The molecule has 0 atom stereocenters. The van der Waals surface area contributed by atoms with Crippen LogP contribution in [0.25, 0.3) is 0 Å². The zero-order valence-electron chi connectivity index (χ0n) is 10.8. The first kappa shape index (κ1) is 15.0. The molecule has 0 amide bonds. The first-order valence-corrected chi connectivity index (χ1v) is 7.30. The van der Waals surface area contributed by atoms with Crippen molar-refractivity contribution in [3.8, 4) is 5.40 Å². The van der Waals surface area contributed by atoms with E-state index in [2.05, 4.69) is 15.5 Å². The Labute approximate surface area is 128 Å². The number of thioether (sulfide) groups is 1. The molecule has 0 radical (unpaired) electrons. The third-order valence-corrected chi connectivity index (χ3v) is 4.28. The number of nitro benzene ring substituents is 1. The minimum atomic E-state index is -0.458. The van der Waals surface area contributed by atoms with Crippen LogP contribution in [0.3, 0.4) is 0 Å². The monoisotopic (exact) mass is 319 g/mol. The summed E-state index contributed by atoms with van der Waals surface area (Å²) in [7, 11) is 0. The van der Waals surface area contributed by atoms with Crippen LogP contribution < -0.4 is 5.43 Å². The number of non-ortho nitro benzene ring substituents is 1. The highest BCUT2D eigenvalue weighted by Crippen LogP contribution is 2.31. The van der Waals surface area contributed by atoms with Gasteiger partial charge in [0.1, 0.15) is 5.40 Å². The molecule has 0 bridgehead atoms. The Morgan fingerprint density at radius 1 is 1.62 bits per heavy atom. The van der Waals surface area contributed by atoms with Gasteiger partial charge in [-0.3, -0.25) is 15.5 Å². The average molecular weight is 319 g/mol. The highest BCUT2D eigenvalue weighted by atomic mass is 32.2. The van der Waals surface area contributed by atoms with E-state index in [1.807, 2.05) is 12.3 Å². The number of thiazole rings is 1. The molecule has 1 aromatic heterocycles. The molecule has 1 heterocycles. The Kier molecular flexibility index (Phi) is 4.86. The van der Waals surface area contributed by atoms with E-state index in [4.69, 9.17) is 5.26 Å². The van der Waals surface area contributed by atoms with Gasteiger partial charge >= 0.3 is 0 Å². The maximum Gasteiger partial charge on any atom is 0.270 e. The summed E-state index contributed by atoms with van der Waals surface area (Å²) in [5, 5.41) is 25.8. The van der Waals surface area contributed by atoms with Gasteiger partial charge in [0.15, 0.2) is 0 Å². The van der Waals surface area contributed by atoms with E-state index in [-0.39, 0.29) is 5.69 Å². The van der Waals surface area contributed by atoms with E-state index in [0.29, 0.717) is 10.7 Å². The number of aromatic nitrogens is 1. The molecule has 1 aromatic carbocycles. The number of hydrogen-bond donors (Lipinski definition) is 1. The topological polar surface area (TPSA) is 104 Å². The lowest BCUT2D eigenvalue weighted by Gasteiger charge is -1.95. The summed E-state index contributed by atoms with van der Waals surface area (Å²) in [5.74, 6) is 0. The molecule has 0 aliphatic rings. The second-order valence-corrected chi connectivity index (χ2v) is 5.86. The fourth-order valence-corrected chi connectivity index (χ4v) is 2.89. The molecule has 0 spiro atoms. The standard InChI is InChI=1S/C12H9N5O2S2/c1-8-11(20-7-13)21-12(15-8)16-14-6-9-3-2-4-10(5-9)17(18)19/h2-6H,1H3,(H,15,16)/b14-6+. The van der Waals surface area contributed by atoms with Crippen molar-refractivity contribution in [3.05, 3.63) is 45.6 Å². The number of aryl methyl sites for hydroxylation is 1. The van der Waals surface area contributed by atoms with Crippen molar-refractivity contribution in [2.75, 3.05) is 5.43 Å². The number of nitro groups is 1. The quantitative estimate of drug-likeness (QED) is 0.298. The molecule has 0 aliphatic carbocycles. The molecule has 0 saturated carbocycles. The first-order chi connectivity index (χ1) is 10.1. The smallest absolute Gasteiger partial charge is 0.258 e. The fourth-order valence-electron chi connectivity index (χ4n) is 1.45. The molecule has 2 aromatic rings. The molecular formula is C12H9N5O2S2. The van der Waals surface area contributed by atoms with Crippen LogP contribution in [0, 0.1) is 27.7 Å². The summed E-state index contributed by atoms with van der Waals surface area (Å²) in [6.45, 7) is 1.81. The van der Waals surface area contributed by atoms with Crippen molar-refractivity contribution in [2.45, 2.75) is 11.1 Å². The molecule has 0 unspecified atom stereocenters. The van der Waals surface area contributed by atoms with Crippen LogP contribution in [0.5, 0.6) is 0 Å². The molecule has 21 heavy (non-hydrogen) atoms. The van der Waals surface area contributed by atoms with E-state index in [1.165, 1.54) is 29.7 Å². The SMILES string of the molecule is Cc1nc(N/N=C/c2cccc([N+](=O)[O-])c2)sc1SC#N. The summed E-state index contributed by atoms with van der Waals surface area (Å²) in [4.78, 5) is 14.4. The first-order valence-electron chi connectivity index (χ1n) is 5.67. The summed E-state index contributed by atoms with van der Waals surface area (Å²) >= 11 is 2.38. The van der Waals surface area contributed by atoms with E-state index in [0.717, 1.165) is 21.7 Å². The number of hydrogen-bond acceptors (Lipinski definition) is 8. The van der Waals surface area contributed by atoms with Crippen molar-refractivity contribution >= 4 is 40.1 Å². The number of nitrogens with one attached hydrogen (secondary N) is 1. The molecule has 1 N–H and O–H groups in total. The van der Waals surface area contributed by atoms with Gasteiger partial charge in [0.25, 0.3) is 5.69 Å². The van der Waals surface area contributed by atoms with Gasteiger partial charge in [0.2, 0.25) is 5.13 Å².